The number of hydrogen-bond donors (Lipinski definition) is 0. The number of benzene rings is 1. The van der Waals surface area contributed by atoms with Gasteiger partial charge in [-0.15, -0.1) is 10.2 Å². The average molecular weight is 364 g/mol. The second-order valence-corrected chi connectivity index (χ2v) is 7.07. The maximum absolute atomic E-state index is 12.7. The molecule has 2 aromatic heterocycles. The number of aryl methyl sites for hydroxylation is 3. The van der Waals surface area contributed by atoms with Gasteiger partial charge < -0.3 is 9.47 Å². The molecule has 1 aliphatic rings. The van der Waals surface area contributed by atoms with Gasteiger partial charge in [0.2, 0.25) is 5.91 Å². The predicted molar refractivity (Wildman–Crippen MR) is 102 cm³/mol. The van der Waals surface area contributed by atoms with Crippen LogP contribution in [0.4, 0.5) is 0 Å². The van der Waals surface area contributed by atoms with E-state index in [1.54, 1.807) is 6.33 Å². The summed E-state index contributed by atoms with van der Waals surface area (Å²) in [6.07, 6.45) is 4.87. The Morgan fingerprint density at radius 1 is 1.19 bits per heavy atom. The summed E-state index contributed by atoms with van der Waals surface area (Å²) in [7, 11) is 3.86. The fourth-order valence-corrected chi connectivity index (χ4v) is 3.73. The van der Waals surface area contributed by atoms with Crippen molar-refractivity contribution in [2.24, 2.45) is 14.1 Å². The van der Waals surface area contributed by atoms with Crippen LogP contribution < -0.4 is 0 Å². The summed E-state index contributed by atoms with van der Waals surface area (Å²) in [5.74, 6) is 0.953. The first-order chi connectivity index (χ1) is 13.1. The topological polar surface area (TPSA) is 68.8 Å². The van der Waals surface area contributed by atoms with E-state index < -0.39 is 0 Å². The Morgan fingerprint density at radius 3 is 2.74 bits per heavy atom. The number of nitrogens with zero attached hydrogens (tertiary/aromatic N) is 6. The zero-order chi connectivity index (χ0) is 18.8. The molecular weight excluding hydrogens is 340 g/mol. The summed E-state index contributed by atoms with van der Waals surface area (Å²) in [4.78, 5) is 14.7. The molecule has 140 valence electrons. The van der Waals surface area contributed by atoms with Crippen molar-refractivity contribution >= 4 is 5.91 Å². The van der Waals surface area contributed by atoms with Crippen molar-refractivity contribution in [1.82, 2.24) is 29.4 Å². The quantitative estimate of drug-likeness (QED) is 0.695. The zero-order valence-corrected chi connectivity index (χ0v) is 15.8. The standard InChI is InChI=1S/C20H24N6O/c1-24-14-21-22-20(24)19-16-13-26(12-11-17(16)25(2)23-19)18(27)10-6-9-15-7-4-3-5-8-15/h3-5,7-8,14H,6,9-13H2,1-2H3. The van der Waals surface area contributed by atoms with E-state index in [-0.39, 0.29) is 5.91 Å². The molecule has 0 bridgehead atoms. The van der Waals surface area contributed by atoms with Gasteiger partial charge in [0.1, 0.15) is 12.0 Å². The molecule has 0 saturated carbocycles. The molecule has 27 heavy (non-hydrogen) atoms. The lowest BCUT2D eigenvalue weighted by Gasteiger charge is -2.27. The van der Waals surface area contributed by atoms with E-state index in [4.69, 9.17) is 0 Å². The Balaban J connectivity index is 1.45. The molecule has 1 aliphatic heterocycles. The highest BCUT2D eigenvalue weighted by molar-refractivity contribution is 5.77. The Kier molecular flexibility index (Phi) is 4.75. The van der Waals surface area contributed by atoms with Crippen molar-refractivity contribution in [1.29, 1.82) is 0 Å². The molecule has 1 aromatic carbocycles. The minimum atomic E-state index is 0.212. The van der Waals surface area contributed by atoms with Crippen LogP contribution in [0.15, 0.2) is 36.7 Å². The van der Waals surface area contributed by atoms with E-state index in [1.807, 2.05) is 46.4 Å². The molecule has 0 atom stereocenters. The SMILES string of the molecule is Cn1cnnc1-c1nn(C)c2c1CN(C(=O)CCCc1ccccc1)CC2. The van der Waals surface area contributed by atoms with Crippen molar-refractivity contribution in [3.8, 4) is 11.5 Å². The van der Waals surface area contributed by atoms with Crippen LogP contribution in [0, 0.1) is 0 Å². The first-order valence-corrected chi connectivity index (χ1v) is 9.34. The summed E-state index contributed by atoms with van der Waals surface area (Å²) in [5, 5.41) is 12.8. The molecule has 7 heteroatoms. The van der Waals surface area contributed by atoms with Crippen LogP contribution in [-0.4, -0.2) is 41.9 Å². The molecule has 0 radical (unpaired) electrons. The van der Waals surface area contributed by atoms with Crippen LogP contribution in [-0.2, 0) is 38.3 Å². The first-order valence-electron chi connectivity index (χ1n) is 9.34. The van der Waals surface area contributed by atoms with E-state index in [0.717, 1.165) is 42.9 Å². The number of rotatable bonds is 5. The minimum absolute atomic E-state index is 0.212. The van der Waals surface area contributed by atoms with Gasteiger partial charge in [-0.3, -0.25) is 9.48 Å². The summed E-state index contributed by atoms with van der Waals surface area (Å²) in [6, 6.07) is 10.3. The van der Waals surface area contributed by atoms with E-state index >= 15 is 0 Å². The van der Waals surface area contributed by atoms with E-state index in [0.29, 0.717) is 13.0 Å². The molecule has 4 rings (SSSR count). The molecule has 3 aromatic rings. The molecule has 0 N–H and O–H groups in total. The van der Waals surface area contributed by atoms with Crippen LogP contribution in [0.2, 0.25) is 0 Å². The van der Waals surface area contributed by atoms with Gasteiger partial charge in [0.15, 0.2) is 5.82 Å². The second kappa shape index (κ2) is 7.34. The number of hydrogen-bond acceptors (Lipinski definition) is 4. The summed E-state index contributed by atoms with van der Waals surface area (Å²) >= 11 is 0. The molecule has 1 amide bonds. The number of carbonyl (C=O) groups excluding carboxylic acids is 1. The first kappa shape index (κ1) is 17.5. The fourth-order valence-electron chi connectivity index (χ4n) is 3.73. The largest absolute Gasteiger partial charge is 0.338 e. The molecule has 0 saturated heterocycles. The Labute approximate surface area is 158 Å². The van der Waals surface area contributed by atoms with Crippen LogP contribution in [0.3, 0.4) is 0 Å². The highest BCUT2D eigenvalue weighted by Gasteiger charge is 2.28. The summed E-state index contributed by atoms with van der Waals surface area (Å²) in [6.45, 7) is 1.34. The van der Waals surface area contributed by atoms with Gasteiger partial charge in [-0.2, -0.15) is 5.10 Å². The summed E-state index contributed by atoms with van der Waals surface area (Å²) < 4.78 is 3.78. The van der Waals surface area contributed by atoms with Crippen LogP contribution in [0.1, 0.15) is 29.7 Å². The average Bonchev–Trinajstić information content (AvgIpc) is 3.25. The van der Waals surface area contributed by atoms with E-state index in [2.05, 4.69) is 27.4 Å². The monoisotopic (exact) mass is 364 g/mol. The van der Waals surface area contributed by atoms with Gasteiger partial charge in [-0.05, 0) is 18.4 Å². The number of carbonyl (C=O) groups is 1. The smallest absolute Gasteiger partial charge is 0.222 e. The van der Waals surface area contributed by atoms with Crippen LogP contribution in [0.25, 0.3) is 11.5 Å². The van der Waals surface area contributed by atoms with Crippen LogP contribution >= 0.6 is 0 Å². The van der Waals surface area contributed by atoms with Crippen molar-refractivity contribution < 1.29 is 4.79 Å². The normalized spacial score (nSPS) is 13.6. The van der Waals surface area contributed by atoms with Crippen molar-refractivity contribution in [3.05, 3.63) is 53.5 Å². The Morgan fingerprint density at radius 2 is 2.00 bits per heavy atom. The van der Waals surface area contributed by atoms with Gasteiger partial charge in [-0.25, -0.2) is 0 Å². The van der Waals surface area contributed by atoms with E-state index in [9.17, 15) is 4.79 Å². The molecule has 3 heterocycles. The Hall–Kier alpha value is -2.96. The maximum atomic E-state index is 12.7. The van der Waals surface area contributed by atoms with Crippen molar-refractivity contribution in [3.63, 3.8) is 0 Å². The highest BCUT2D eigenvalue weighted by atomic mass is 16.2. The van der Waals surface area contributed by atoms with Crippen molar-refractivity contribution in [2.45, 2.75) is 32.2 Å². The molecular formula is C20H24N6O. The number of fused-ring (bicyclic) bond motifs is 1. The third-order valence-electron chi connectivity index (χ3n) is 5.22. The lowest BCUT2D eigenvalue weighted by molar-refractivity contribution is -0.132. The second-order valence-electron chi connectivity index (χ2n) is 7.07. The third kappa shape index (κ3) is 3.49. The van der Waals surface area contributed by atoms with E-state index in [1.165, 1.54) is 11.3 Å². The number of aromatic nitrogens is 5. The van der Waals surface area contributed by atoms with Gasteiger partial charge >= 0.3 is 0 Å². The predicted octanol–water partition coefficient (Wildman–Crippen LogP) is 2.12. The molecule has 0 aliphatic carbocycles. The zero-order valence-electron chi connectivity index (χ0n) is 15.8. The summed E-state index contributed by atoms with van der Waals surface area (Å²) in [5.41, 5.74) is 4.38. The molecule has 0 fully saturated rings. The highest BCUT2D eigenvalue weighted by Crippen LogP contribution is 2.28. The van der Waals surface area contributed by atoms with Gasteiger partial charge in [0.25, 0.3) is 0 Å². The number of amides is 1. The lowest BCUT2D eigenvalue weighted by Crippen LogP contribution is -2.36. The Bertz CT molecular complexity index is 943. The van der Waals surface area contributed by atoms with Gasteiger partial charge in [0.05, 0.1) is 0 Å². The lowest BCUT2D eigenvalue weighted by atomic mass is 10.0. The van der Waals surface area contributed by atoms with Gasteiger partial charge in [0, 0.05) is 51.3 Å². The fraction of sp³-hybridized carbons (Fsp3) is 0.400. The molecule has 0 spiro atoms. The molecule has 0 unspecified atom stereocenters. The van der Waals surface area contributed by atoms with Crippen molar-refractivity contribution in [2.75, 3.05) is 6.54 Å². The van der Waals surface area contributed by atoms with Gasteiger partial charge in [-0.1, -0.05) is 30.3 Å². The third-order valence-corrected chi connectivity index (χ3v) is 5.22. The molecule has 7 nitrogen and oxygen atoms in total. The maximum Gasteiger partial charge on any atom is 0.222 e. The minimum Gasteiger partial charge on any atom is -0.338 e. The van der Waals surface area contributed by atoms with Crippen LogP contribution in [0.5, 0.6) is 0 Å².